The maximum absolute atomic E-state index is 12.7. The van der Waals surface area contributed by atoms with E-state index in [1.807, 2.05) is 59.6 Å². The first-order valence-corrected chi connectivity index (χ1v) is 9.05. The van der Waals surface area contributed by atoms with E-state index in [1.54, 1.807) is 11.8 Å². The molecular weight excluding hydrogens is 322 g/mol. The molecule has 0 radical (unpaired) electrons. The number of nitrogens with zero attached hydrogens (tertiary/aromatic N) is 3. The molecule has 0 aliphatic rings. The summed E-state index contributed by atoms with van der Waals surface area (Å²) in [6.45, 7) is 0. The summed E-state index contributed by atoms with van der Waals surface area (Å²) in [5.41, 5.74) is 1.69. The number of aromatic nitrogens is 4. The summed E-state index contributed by atoms with van der Waals surface area (Å²) in [5.74, 6) is 1.63. The maximum Gasteiger partial charge on any atom is 0.247 e. The van der Waals surface area contributed by atoms with E-state index >= 15 is 0 Å². The Bertz CT molecular complexity index is 753. The van der Waals surface area contributed by atoms with Crippen LogP contribution in [0.25, 0.3) is 11.4 Å². The number of hydrogen-bond donors (Lipinski definition) is 2. The van der Waals surface area contributed by atoms with Crippen molar-refractivity contribution in [3.8, 4) is 11.4 Å². The maximum atomic E-state index is 12.7. The summed E-state index contributed by atoms with van der Waals surface area (Å²) in [6, 6.07) is 11.2. The second kappa shape index (κ2) is 7.83. The van der Waals surface area contributed by atoms with E-state index in [2.05, 4.69) is 20.5 Å². The molecule has 6 nitrogen and oxygen atoms in total. The van der Waals surface area contributed by atoms with Crippen LogP contribution in [0.4, 0.5) is 5.69 Å². The smallest absolute Gasteiger partial charge is 0.247 e. The normalized spacial score (nSPS) is 12.0. The van der Waals surface area contributed by atoms with Crippen molar-refractivity contribution in [1.82, 2.24) is 19.7 Å². The quantitative estimate of drug-likeness (QED) is 0.692. The highest BCUT2D eigenvalue weighted by molar-refractivity contribution is 7.98. The Labute approximate surface area is 144 Å². The van der Waals surface area contributed by atoms with Crippen LogP contribution in [0, 0.1) is 0 Å². The molecule has 1 amide bonds. The fourth-order valence-electron chi connectivity index (χ4n) is 2.48. The van der Waals surface area contributed by atoms with E-state index in [9.17, 15) is 4.79 Å². The molecule has 2 heterocycles. The molecule has 0 spiro atoms. The molecule has 1 atom stereocenters. The van der Waals surface area contributed by atoms with Gasteiger partial charge in [0.2, 0.25) is 5.91 Å². The Morgan fingerprint density at radius 1 is 1.29 bits per heavy atom. The zero-order valence-corrected chi connectivity index (χ0v) is 14.2. The first kappa shape index (κ1) is 16.3. The molecule has 124 valence electrons. The van der Waals surface area contributed by atoms with Crippen molar-refractivity contribution >= 4 is 23.4 Å². The van der Waals surface area contributed by atoms with Crippen molar-refractivity contribution in [2.75, 3.05) is 17.3 Å². The van der Waals surface area contributed by atoms with Gasteiger partial charge in [-0.05, 0) is 54.8 Å². The van der Waals surface area contributed by atoms with Crippen LogP contribution in [0.3, 0.4) is 0 Å². The van der Waals surface area contributed by atoms with E-state index < -0.39 is 0 Å². The predicted octanol–water partition coefficient (Wildman–Crippen LogP) is 3.21. The molecule has 0 fully saturated rings. The van der Waals surface area contributed by atoms with Gasteiger partial charge in [0.15, 0.2) is 5.82 Å². The highest BCUT2D eigenvalue weighted by Crippen LogP contribution is 2.20. The monoisotopic (exact) mass is 341 g/mol. The molecule has 0 saturated heterocycles. The van der Waals surface area contributed by atoms with Crippen LogP contribution in [-0.2, 0) is 4.79 Å². The average Bonchev–Trinajstić information content (AvgIpc) is 3.30. The zero-order valence-electron chi connectivity index (χ0n) is 13.3. The molecule has 3 rings (SSSR count). The Balaban J connectivity index is 1.70. The molecule has 24 heavy (non-hydrogen) atoms. The number of aromatic amines is 1. The van der Waals surface area contributed by atoms with Gasteiger partial charge in [0.25, 0.3) is 0 Å². The van der Waals surface area contributed by atoms with Crippen molar-refractivity contribution in [2.24, 2.45) is 0 Å². The van der Waals surface area contributed by atoms with Crippen molar-refractivity contribution in [3.05, 3.63) is 55.1 Å². The van der Waals surface area contributed by atoms with E-state index in [0.717, 1.165) is 23.4 Å². The van der Waals surface area contributed by atoms with E-state index in [4.69, 9.17) is 0 Å². The summed E-state index contributed by atoms with van der Waals surface area (Å²) < 4.78 is 1.95. The number of thioether (sulfide) groups is 1. The molecule has 7 heteroatoms. The van der Waals surface area contributed by atoms with Crippen LogP contribution in [-0.4, -0.2) is 37.7 Å². The number of carbonyl (C=O) groups is 1. The Morgan fingerprint density at radius 2 is 2.04 bits per heavy atom. The summed E-state index contributed by atoms with van der Waals surface area (Å²) in [4.78, 5) is 16.8. The van der Waals surface area contributed by atoms with Gasteiger partial charge in [0, 0.05) is 23.6 Å². The minimum atomic E-state index is -0.207. The number of rotatable bonds is 7. The lowest BCUT2D eigenvalue weighted by atomic mass is 10.1. The Kier molecular flexibility index (Phi) is 5.32. The van der Waals surface area contributed by atoms with Gasteiger partial charge in [-0.3, -0.25) is 9.89 Å². The van der Waals surface area contributed by atoms with Crippen LogP contribution >= 0.6 is 11.8 Å². The standard InChI is InChI=1S/C17H19N5OS/c1-24-11-8-15(22-9-2-3-10-22)17(23)20-14-6-4-13(5-7-14)16-18-12-19-21-16/h2-7,9-10,12,15H,8,11H2,1H3,(H,20,23)(H,18,19,21). The fraction of sp³-hybridized carbons (Fsp3) is 0.235. The first-order valence-electron chi connectivity index (χ1n) is 7.66. The third kappa shape index (κ3) is 3.86. The second-order valence-corrected chi connectivity index (χ2v) is 6.31. The Morgan fingerprint density at radius 3 is 2.67 bits per heavy atom. The molecule has 1 unspecified atom stereocenters. The number of hydrogen-bond acceptors (Lipinski definition) is 4. The topological polar surface area (TPSA) is 75.6 Å². The van der Waals surface area contributed by atoms with Crippen molar-refractivity contribution in [2.45, 2.75) is 12.5 Å². The highest BCUT2D eigenvalue weighted by atomic mass is 32.2. The van der Waals surface area contributed by atoms with Gasteiger partial charge in [-0.2, -0.15) is 16.9 Å². The van der Waals surface area contributed by atoms with Gasteiger partial charge < -0.3 is 9.88 Å². The molecule has 1 aromatic carbocycles. The van der Waals surface area contributed by atoms with Gasteiger partial charge in [0.1, 0.15) is 12.4 Å². The van der Waals surface area contributed by atoms with Crippen molar-refractivity contribution in [1.29, 1.82) is 0 Å². The van der Waals surface area contributed by atoms with E-state index in [0.29, 0.717) is 5.82 Å². The zero-order chi connectivity index (χ0) is 16.8. The molecule has 3 aromatic rings. The largest absolute Gasteiger partial charge is 0.342 e. The lowest BCUT2D eigenvalue weighted by molar-refractivity contribution is -0.119. The van der Waals surface area contributed by atoms with Gasteiger partial charge >= 0.3 is 0 Å². The van der Waals surface area contributed by atoms with Crippen LogP contribution in [0.15, 0.2) is 55.1 Å². The van der Waals surface area contributed by atoms with Gasteiger partial charge in [0.05, 0.1) is 0 Å². The molecular formula is C17H19N5OS. The van der Waals surface area contributed by atoms with E-state index in [1.165, 1.54) is 6.33 Å². The molecule has 2 N–H and O–H groups in total. The van der Waals surface area contributed by atoms with Crippen molar-refractivity contribution < 1.29 is 4.79 Å². The average molecular weight is 341 g/mol. The summed E-state index contributed by atoms with van der Waals surface area (Å²) in [6.07, 6.45) is 8.16. The first-order chi connectivity index (χ1) is 11.8. The summed E-state index contributed by atoms with van der Waals surface area (Å²) >= 11 is 1.74. The minimum absolute atomic E-state index is 0.00679. The van der Waals surface area contributed by atoms with E-state index in [-0.39, 0.29) is 11.9 Å². The second-order valence-electron chi connectivity index (χ2n) is 5.33. The number of amides is 1. The molecule has 2 aromatic heterocycles. The van der Waals surface area contributed by atoms with Crippen LogP contribution in [0.2, 0.25) is 0 Å². The number of nitrogens with one attached hydrogen (secondary N) is 2. The van der Waals surface area contributed by atoms with Crippen LogP contribution < -0.4 is 5.32 Å². The summed E-state index contributed by atoms with van der Waals surface area (Å²) in [5, 5.41) is 9.65. The molecule has 0 saturated carbocycles. The SMILES string of the molecule is CSCCC(C(=O)Nc1ccc(-c2ncn[nH]2)cc1)n1cccc1. The van der Waals surface area contributed by atoms with Gasteiger partial charge in [-0.25, -0.2) is 4.98 Å². The molecule has 0 aliphatic heterocycles. The lowest BCUT2D eigenvalue weighted by Gasteiger charge is -2.18. The third-order valence-electron chi connectivity index (χ3n) is 3.73. The van der Waals surface area contributed by atoms with Crippen LogP contribution in [0.1, 0.15) is 12.5 Å². The third-order valence-corrected chi connectivity index (χ3v) is 4.37. The van der Waals surface area contributed by atoms with Crippen molar-refractivity contribution in [3.63, 3.8) is 0 Å². The fourth-order valence-corrected chi connectivity index (χ4v) is 2.94. The van der Waals surface area contributed by atoms with Gasteiger partial charge in [-0.15, -0.1) is 0 Å². The Hall–Kier alpha value is -2.54. The number of anilines is 1. The van der Waals surface area contributed by atoms with Gasteiger partial charge in [-0.1, -0.05) is 0 Å². The molecule has 0 bridgehead atoms. The predicted molar refractivity (Wildman–Crippen MR) is 96.9 cm³/mol. The number of benzene rings is 1. The minimum Gasteiger partial charge on any atom is -0.342 e. The van der Waals surface area contributed by atoms with Crippen LogP contribution in [0.5, 0.6) is 0 Å². The lowest BCUT2D eigenvalue weighted by Crippen LogP contribution is -2.25. The number of carbonyl (C=O) groups excluding carboxylic acids is 1. The molecule has 0 aliphatic carbocycles. The number of H-pyrrole nitrogens is 1. The highest BCUT2D eigenvalue weighted by Gasteiger charge is 2.19. The summed E-state index contributed by atoms with van der Waals surface area (Å²) in [7, 11) is 0.